The molecule has 1 saturated heterocycles. The molecule has 0 saturated carbocycles. The van der Waals surface area contributed by atoms with Gasteiger partial charge < -0.3 is 19.9 Å². The van der Waals surface area contributed by atoms with Gasteiger partial charge in [0.1, 0.15) is 6.79 Å². The average Bonchev–Trinajstić information content (AvgIpc) is 2.15. The summed E-state index contributed by atoms with van der Waals surface area (Å²) < 4.78 is 10.1. The SMILES string of the molecule is CC1(C(=O)NCCO)COCOC1. The standard InChI is InChI=1S/C8H15NO4/c1-8(4-12-6-13-5-8)7(11)9-2-3-10/h10H,2-6H2,1H3,(H,9,11). The summed E-state index contributed by atoms with van der Waals surface area (Å²) in [5, 5.41) is 11.1. The Bertz CT molecular complexity index is 177. The summed E-state index contributed by atoms with van der Waals surface area (Å²) in [5.41, 5.74) is -0.618. The van der Waals surface area contributed by atoms with Gasteiger partial charge in [0.25, 0.3) is 0 Å². The predicted molar refractivity (Wildman–Crippen MR) is 45.0 cm³/mol. The normalized spacial score (nSPS) is 21.1. The molecule has 5 nitrogen and oxygen atoms in total. The molecule has 0 spiro atoms. The van der Waals surface area contributed by atoms with Crippen LogP contribution in [-0.4, -0.2) is 44.2 Å². The summed E-state index contributed by atoms with van der Waals surface area (Å²) in [4.78, 5) is 11.5. The molecule has 5 heteroatoms. The van der Waals surface area contributed by atoms with Gasteiger partial charge in [-0.25, -0.2) is 0 Å². The number of carbonyl (C=O) groups is 1. The number of nitrogens with one attached hydrogen (secondary N) is 1. The van der Waals surface area contributed by atoms with Crippen molar-refractivity contribution in [3.8, 4) is 0 Å². The molecule has 0 radical (unpaired) electrons. The van der Waals surface area contributed by atoms with Crippen LogP contribution in [0.1, 0.15) is 6.92 Å². The minimum Gasteiger partial charge on any atom is -0.395 e. The number of rotatable bonds is 3. The van der Waals surface area contributed by atoms with Crippen LogP contribution in [0.2, 0.25) is 0 Å². The third-order valence-corrected chi connectivity index (χ3v) is 1.95. The van der Waals surface area contributed by atoms with Gasteiger partial charge in [-0.05, 0) is 6.92 Å². The molecule has 1 aliphatic rings. The second-order valence-corrected chi connectivity index (χ2v) is 3.35. The fraction of sp³-hybridized carbons (Fsp3) is 0.875. The van der Waals surface area contributed by atoms with E-state index in [1.807, 2.05) is 0 Å². The minimum atomic E-state index is -0.618. The van der Waals surface area contributed by atoms with E-state index in [0.29, 0.717) is 13.2 Å². The first kappa shape index (κ1) is 10.4. The van der Waals surface area contributed by atoms with Crippen molar-refractivity contribution in [2.45, 2.75) is 6.92 Å². The maximum atomic E-state index is 11.5. The van der Waals surface area contributed by atoms with E-state index in [2.05, 4.69) is 5.32 Å². The number of aliphatic hydroxyl groups is 1. The lowest BCUT2D eigenvalue weighted by molar-refractivity contribution is -0.173. The quantitative estimate of drug-likeness (QED) is 0.604. The molecule has 0 aliphatic carbocycles. The van der Waals surface area contributed by atoms with Crippen LogP contribution in [0.4, 0.5) is 0 Å². The highest BCUT2D eigenvalue weighted by Crippen LogP contribution is 2.21. The number of carbonyl (C=O) groups excluding carboxylic acids is 1. The van der Waals surface area contributed by atoms with Crippen LogP contribution in [0.3, 0.4) is 0 Å². The van der Waals surface area contributed by atoms with Crippen molar-refractivity contribution in [3.05, 3.63) is 0 Å². The Hall–Kier alpha value is -0.650. The molecule has 1 aliphatic heterocycles. The molecule has 13 heavy (non-hydrogen) atoms. The summed E-state index contributed by atoms with van der Waals surface area (Å²) >= 11 is 0. The molecule has 0 unspecified atom stereocenters. The summed E-state index contributed by atoms with van der Waals surface area (Å²) in [7, 11) is 0. The summed E-state index contributed by atoms with van der Waals surface area (Å²) in [5.74, 6) is -0.138. The lowest BCUT2D eigenvalue weighted by atomic mass is 9.91. The third-order valence-electron chi connectivity index (χ3n) is 1.95. The topological polar surface area (TPSA) is 67.8 Å². The monoisotopic (exact) mass is 189 g/mol. The van der Waals surface area contributed by atoms with Crippen molar-refractivity contribution in [1.29, 1.82) is 0 Å². The van der Waals surface area contributed by atoms with Crippen LogP contribution in [0.15, 0.2) is 0 Å². The van der Waals surface area contributed by atoms with E-state index in [4.69, 9.17) is 14.6 Å². The molecule has 0 bridgehead atoms. The molecule has 76 valence electrons. The van der Waals surface area contributed by atoms with Gasteiger partial charge >= 0.3 is 0 Å². The Labute approximate surface area is 77.0 Å². The van der Waals surface area contributed by atoms with Crippen molar-refractivity contribution in [3.63, 3.8) is 0 Å². The molecule has 1 amide bonds. The van der Waals surface area contributed by atoms with Gasteiger partial charge in [-0.1, -0.05) is 0 Å². The first-order valence-electron chi connectivity index (χ1n) is 4.24. The smallest absolute Gasteiger partial charge is 0.230 e. The van der Waals surface area contributed by atoms with Gasteiger partial charge in [-0.3, -0.25) is 4.79 Å². The maximum Gasteiger partial charge on any atom is 0.230 e. The zero-order valence-corrected chi connectivity index (χ0v) is 7.71. The Morgan fingerprint density at radius 2 is 2.15 bits per heavy atom. The van der Waals surface area contributed by atoms with Gasteiger partial charge in [-0.15, -0.1) is 0 Å². The molecule has 1 fully saturated rings. The molecule has 1 rings (SSSR count). The van der Waals surface area contributed by atoms with E-state index in [1.165, 1.54) is 0 Å². The third kappa shape index (κ3) is 2.65. The molecule has 0 aromatic carbocycles. The lowest BCUT2D eigenvalue weighted by Crippen LogP contribution is -2.48. The van der Waals surface area contributed by atoms with Crippen LogP contribution >= 0.6 is 0 Å². The van der Waals surface area contributed by atoms with Crippen LogP contribution in [0, 0.1) is 5.41 Å². The zero-order chi connectivity index (χ0) is 9.73. The van der Waals surface area contributed by atoms with Crippen LogP contribution < -0.4 is 5.32 Å². The number of aliphatic hydroxyl groups excluding tert-OH is 1. The van der Waals surface area contributed by atoms with Gasteiger partial charge in [0, 0.05) is 6.54 Å². The van der Waals surface area contributed by atoms with E-state index in [1.54, 1.807) is 6.92 Å². The van der Waals surface area contributed by atoms with Gasteiger partial charge in [0.15, 0.2) is 0 Å². The molecule has 0 aromatic rings. The van der Waals surface area contributed by atoms with E-state index in [-0.39, 0.29) is 25.9 Å². The van der Waals surface area contributed by atoms with Gasteiger partial charge in [0.2, 0.25) is 5.91 Å². The summed E-state index contributed by atoms with van der Waals surface area (Å²) in [6, 6.07) is 0. The highest BCUT2D eigenvalue weighted by molar-refractivity contribution is 5.82. The molecule has 0 atom stereocenters. The van der Waals surface area contributed by atoms with Crippen LogP contribution in [0.5, 0.6) is 0 Å². The highest BCUT2D eigenvalue weighted by atomic mass is 16.7. The first-order chi connectivity index (χ1) is 6.19. The Morgan fingerprint density at radius 1 is 1.54 bits per heavy atom. The minimum absolute atomic E-state index is 0.0520. The number of hydrogen-bond acceptors (Lipinski definition) is 4. The van der Waals surface area contributed by atoms with E-state index in [0.717, 1.165) is 0 Å². The molecule has 1 heterocycles. The molecular formula is C8H15NO4. The largest absolute Gasteiger partial charge is 0.395 e. The van der Waals surface area contributed by atoms with Crippen molar-refractivity contribution < 1.29 is 19.4 Å². The fourth-order valence-corrected chi connectivity index (χ4v) is 1.15. The number of hydrogen-bond donors (Lipinski definition) is 2. The Balaban J connectivity index is 2.42. The van der Waals surface area contributed by atoms with Crippen LogP contribution in [0.25, 0.3) is 0 Å². The zero-order valence-electron chi connectivity index (χ0n) is 7.71. The summed E-state index contributed by atoms with van der Waals surface area (Å²) in [6.45, 7) is 2.98. The van der Waals surface area contributed by atoms with Crippen molar-refractivity contribution in [2.75, 3.05) is 33.2 Å². The second-order valence-electron chi connectivity index (χ2n) is 3.35. The van der Waals surface area contributed by atoms with E-state index < -0.39 is 5.41 Å². The van der Waals surface area contributed by atoms with Crippen molar-refractivity contribution in [2.24, 2.45) is 5.41 Å². The lowest BCUT2D eigenvalue weighted by Gasteiger charge is -2.31. The molecular weight excluding hydrogens is 174 g/mol. The van der Waals surface area contributed by atoms with Gasteiger partial charge in [0.05, 0.1) is 25.2 Å². The van der Waals surface area contributed by atoms with Crippen molar-refractivity contribution in [1.82, 2.24) is 5.32 Å². The fourth-order valence-electron chi connectivity index (χ4n) is 1.15. The number of amides is 1. The average molecular weight is 189 g/mol. The Morgan fingerprint density at radius 3 is 2.69 bits per heavy atom. The Kier molecular flexibility index (Phi) is 3.65. The second kappa shape index (κ2) is 4.55. The van der Waals surface area contributed by atoms with Gasteiger partial charge in [-0.2, -0.15) is 0 Å². The molecule has 0 aromatic heterocycles. The van der Waals surface area contributed by atoms with Crippen molar-refractivity contribution >= 4 is 5.91 Å². The first-order valence-corrected chi connectivity index (χ1v) is 4.24. The van der Waals surface area contributed by atoms with E-state index in [9.17, 15) is 4.79 Å². The number of ether oxygens (including phenoxy) is 2. The highest BCUT2D eigenvalue weighted by Gasteiger charge is 2.36. The predicted octanol–water partition coefficient (Wildman–Crippen LogP) is -0.894. The molecule has 2 N–H and O–H groups in total. The van der Waals surface area contributed by atoms with E-state index >= 15 is 0 Å². The van der Waals surface area contributed by atoms with Crippen LogP contribution in [-0.2, 0) is 14.3 Å². The summed E-state index contributed by atoms with van der Waals surface area (Å²) in [6.07, 6.45) is 0. The maximum absolute atomic E-state index is 11.5.